The molecule has 0 saturated heterocycles. The Kier molecular flexibility index (Phi) is 4.37. The van der Waals surface area contributed by atoms with Gasteiger partial charge in [-0.2, -0.15) is 0 Å². The summed E-state index contributed by atoms with van der Waals surface area (Å²) in [6.45, 7) is -0.155. The highest BCUT2D eigenvalue weighted by atomic mass is 32.1. The summed E-state index contributed by atoms with van der Waals surface area (Å²) in [5.41, 5.74) is 0.608. The van der Waals surface area contributed by atoms with E-state index in [0.29, 0.717) is 16.0 Å². The first-order valence-corrected chi connectivity index (χ1v) is 6.21. The van der Waals surface area contributed by atoms with Gasteiger partial charge in [-0.1, -0.05) is 24.3 Å². The molecule has 0 aromatic heterocycles. The molecular formula is C14H11NO4S. The maximum absolute atomic E-state index is 11.9. The van der Waals surface area contributed by atoms with Crippen molar-refractivity contribution < 1.29 is 14.5 Å². The molecule has 0 aliphatic carbocycles. The molecule has 0 aliphatic heterocycles. The molecule has 0 radical (unpaired) electrons. The van der Waals surface area contributed by atoms with E-state index in [1.54, 1.807) is 42.5 Å². The number of nitrogens with zero attached hydrogens (tertiary/aromatic N) is 1. The van der Waals surface area contributed by atoms with Crippen molar-refractivity contribution in [3.63, 3.8) is 0 Å². The van der Waals surface area contributed by atoms with Crippen molar-refractivity contribution in [1.82, 2.24) is 0 Å². The maximum atomic E-state index is 11.9. The van der Waals surface area contributed by atoms with Crippen LogP contribution in [0.3, 0.4) is 0 Å². The minimum Gasteiger partial charge on any atom is -0.457 e. The van der Waals surface area contributed by atoms with Crippen LogP contribution in [-0.4, -0.2) is 10.9 Å². The van der Waals surface area contributed by atoms with Crippen LogP contribution in [0, 0.1) is 10.1 Å². The lowest BCUT2D eigenvalue weighted by atomic mass is 10.2. The SMILES string of the molecule is O=C(OCc1ccccc1[N+](=O)[O-])c1ccccc1S. The summed E-state index contributed by atoms with van der Waals surface area (Å²) in [6.07, 6.45) is 0. The number of hydrogen-bond donors (Lipinski definition) is 1. The lowest BCUT2D eigenvalue weighted by Gasteiger charge is -2.07. The van der Waals surface area contributed by atoms with Gasteiger partial charge in [0.1, 0.15) is 6.61 Å². The molecule has 0 aliphatic rings. The van der Waals surface area contributed by atoms with Gasteiger partial charge in [0.25, 0.3) is 5.69 Å². The minimum atomic E-state index is -0.561. The molecule has 0 atom stereocenters. The zero-order valence-corrected chi connectivity index (χ0v) is 11.2. The van der Waals surface area contributed by atoms with Gasteiger partial charge in [0, 0.05) is 11.0 Å². The maximum Gasteiger partial charge on any atom is 0.339 e. The topological polar surface area (TPSA) is 69.4 Å². The molecule has 5 nitrogen and oxygen atoms in total. The Morgan fingerprint density at radius 2 is 1.80 bits per heavy atom. The van der Waals surface area contributed by atoms with Crippen LogP contribution in [0.5, 0.6) is 0 Å². The zero-order chi connectivity index (χ0) is 14.5. The van der Waals surface area contributed by atoms with Crippen molar-refractivity contribution in [3.8, 4) is 0 Å². The van der Waals surface area contributed by atoms with E-state index >= 15 is 0 Å². The quantitative estimate of drug-likeness (QED) is 0.406. The minimum absolute atomic E-state index is 0.0699. The monoisotopic (exact) mass is 289 g/mol. The predicted molar refractivity (Wildman–Crippen MR) is 75.9 cm³/mol. The van der Waals surface area contributed by atoms with Crippen molar-refractivity contribution in [1.29, 1.82) is 0 Å². The Bertz CT molecular complexity index is 657. The summed E-state index contributed by atoms with van der Waals surface area (Å²) < 4.78 is 5.09. The number of rotatable bonds is 4. The largest absolute Gasteiger partial charge is 0.457 e. The second-order valence-electron chi connectivity index (χ2n) is 3.98. The molecule has 2 aromatic carbocycles. The van der Waals surface area contributed by atoms with Gasteiger partial charge >= 0.3 is 5.97 Å². The molecule has 2 rings (SSSR count). The van der Waals surface area contributed by atoms with Crippen LogP contribution < -0.4 is 0 Å². The van der Waals surface area contributed by atoms with Gasteiger partial charge in [0.2, 0.25) is 0 Å². The Morgan fingerprint density at radius 1 is 1.15 bits per heavy atom. The third kappa shape index (κ3) is 3.16. The highest BCUT2D eigenvalue weighted by Gasteiger charge is 2.15. The molecule has 6 heteroatoms. The third-order valence-electron chi connectivity index (χ3n) is 2.67. The number of benzene rings is 2. The van der Waals surface area contributed by atoms with Crippen molar-refractivity contribution in [2.45, 2.75) is 11.5 Å². The molecule has 20 heavy (non-hydrogen) atoms. The first-order valence-electron chi connectivity index (χ1n) is 5.77. The van der Waals surface area contributed by atoms with Crippen molar-refractivity contribution in [2.24, 2.45) is 0 Å². The van der Waals surface area contributed by atoms with Gasteiger partial charge in [-0.25, -0.2) is 4.79 Å². The Labute approximate surface area is 120 Å². The van der Waals surface area contributed by atoms with E-state index in [2.05, 4.69) is 12.6 Å². The average Bonchev–Trinajstić information content (AvgIpc) is 2.45. The summed E-state index contributed by atoms with van der Waals surface area (Å²) in [7, 11) is 0. The van der Waals surface area contributed by atoms with E-state index < -0.39 is 10.9 Å². The van der Waals surface area contributed by atoms with Crippen LogP contribution in [-0.2, 0) is 11.3 Å². The van der Waals surface area contributed by atoms with Gasteiger partial charge in [0.15, 0.2) is 0 Å². The Morgan fingerprint density at radius 3 is 2.50 bits per heavy atom. The molecule has 0 bridgehead atoms. The molecule has 0 N–H and O–H groups in total. The van der Waals surface area contributed by atoms with Gasteiger partial charge in [-0.3, -0.25) is 10.1 Å². The van der Waals surface area contributed by atoms with Crippen molar-refractivity contribution in [2.75, 3.05) is 0 Å². The van der Waals surface area contributed by atoms with Gasteiger partial charge in [-0.15, -0.1) is 12.6 Å². The molecule has 0 spiro atoms. The normalized spacial score (nSPS) is 10.1. The number of hydrogen-bond acceptors (Lipinski definition) is 5. The van der Waals surface area contributed by atoms with E-state index in [9.17, 15) is 14.9 Å². The first-order chi connectivity index (χ1) is 9.59. The molecule has 0 saturated carbocycles. The van der Waals surface area contributed by atoms with Gasteiger partial charge in [-0.05, 0) is 18.2 Å². The van der Waals surface area contributed by atoms with E-state index in [-0.39, 0.29) is 12.3 Å². The van der Waals surface area contributed by atoms with Crippen LogP contribution in [0.15, 0.2) is 53.4 Å². The molecule has 0 fully saturated rings. The molecular weight excluding hydrogens is 278 g/mol. The smallest absolute Gasteiger partial charge is 0.339 e. The number of carbonyl (C=O) groups is 1. The summed E-state index contributed by atoms with van der Waals surface area (Å²) in [4.78, 5) is 22.7. The number of esters is 1. The number of thiol groups is 1. The van der Waals surface area contributed by atoms with E-state index in [0.717, 1.165) is 0 Å². The second-order valence-corrected chi connectivity index (χ2v) is 4.46. The lowest BCUT2D eigenvalue weighted by Crippen LogP contribution is -2.07. The van der Waals surface area contributed by atoms with Crippen LogP contribution in [0.1, 0.15) is 15.9 Å². The van der Waals surface area contributed by atoms with Crippen molar-refractivity contribution in [3.05, 3.63) is 69.8 Å². The molecule has 0 unspecified atom stereocenters. The van der Waals surface area contributed by atoms with E-state index in [1.807, 2.05) is 0 Å². The molecule has 102 valence electrons. The number of nitro groups is 1. The fourth-order valence-corrected chi connectivity index (χ4v) is 1.93. The van der Waals surface area contributed by atoms with Gasteiger partial charge < -0.3 is 4.74 Å². The molecule has 0 heterocycles. The van der Waals surface area contributed by atoms with Crippen LogP contribution in [0.25, 0.3) is 0 Å². The third-order valence-corrected chi connectivity index (χ3v) is 3.06. The van der Waals surface area contributed by atoms with Gasteiger partial charge in [0.05, 0.1) is 16.1 Å². The predicted octanol–water partition coefficient (Wildman–Crippen LogP) is 3.24. The molecule has 0 amide bonds. The van der Waals surface area contributed by atoms with Crippen LogP contribution in [0.2, 0.25) is 0 Å². The number of para-hydroxylation sites is 1. The van der Waals surface area contributed by atoms with Crippen LogP contribution >= 0.6 is 12.6 Å². The summed E-state index contributed by atoms with van der Waals surface area (Å²) >= 11 is 4.16. The van der Waals surface area contributed by atoms with E-state index in [4.69, 9.17) is 4.74 Å². The highest BCUT2D eigenvalue weighted by Crippen LogP contribution is 2.20. The number of nitro benzene ring substituents is 1. The fourth-order valence-electron chi connectivity index (χ4n) is 1.68. The summed E-state index contributed by atoms with van der Waals surface area (Å²) in [5.74, 6) is -0.561. The average molecular weight is 289 g/mol. The molecule has 2 aromatic rings. The first kappa shape index (κ1) is 14.1. The zero-order valence-electron chi connectivity index (χ0n) is 10.4. The lowest BCUT2D eigenvalue weighted by molar-refractivity contribution is -0.385. The summed E-state index contributed by atoms with van der Waals surface area (Å²) in [6, 6.07) is 12.8. The highest BCUT2D eigenvalue weighted by molar-refractivity contribution is 7.80. The number of carbonyl (C=O) groups excluding carboxylic acids is 1. The van der Waals surface area contributed by atoms with Crippen molar-refractivity contribution >= 4 is 24.3 Å². The van der Waals surface area contributed by atoms with E-state index in [1.165, 1.54) is 6.07 Å². The Balaban J connectivity index is 2.12. The number of ether oxygens (including phenoxy) is 1. The standard InChI is InChI=1S/C14H11NO4S/c16-14(11-6-2-4-8-13(11)20)19-9-10-5-1-3-7-12(10)15(17)18/h1-8,20H,9H2. The Hall–Kier alpha value is -2.34. The summed E-state index contributed by atoms with van der Waals surface area (Å²) in [5, 5.41) is 10.8. The van der Waals surface area contributed by atoms with Crippen LogP contribution in [0.4, 0.5) is 5.69 Å². The second kappa shape index (κ2) is 6.21. The fraction of sp³-hybridized carbons (Fsp3) is 0.0714.